The van der Waals surface area contributed by atoms with Crippen molar-refractivity contribution in [3.05, 3.63) is 63.1 Å². The Morgan fingerprint density at radius 1 is 1.06 bits per heavy atom. The fourth-order valence-electron chi connectivity index (χ4n) is 3.90. The van der Waals surface area contributed by atoms with E-state index in [9.17, 15) is 9.59 Å². The summed E-state index contributed by atoms with van der Waals surface area (Å²) in [5.41, 5.74) is 0.646. The predicted molar refractivity (Wildman–Crippen MR) is 134 cm³/mol. The average Bonchev–Trinajstić information content (AvgIpc) is 3.28. The van der Waals surface area contributed by atoms with Gasteiger partial charge in [-0.3, -0.25) is 9.59 Å². The zero-order chi connectivity index (χ0) is 23.1. The normalized spacial score (nSPS) is 14.9. The van der Waals surface area contributed by atoms with Crippen LogP contribution in [-0.2, 0) is 16.1 Å². The third kappa shape index (κ3) is 6.80. The molecule has 3 rings (SSSR count). The molecule has 0 radical (unpaired) electrons. The molecule has 0 unspecified atom stereocenters. The smallest absolute Gasteiger partial charge is 0.243 e. The first kappa shape index (κ1) is 25.2. The lowest BCUT2D eigenvalue weighted by atomic mass is 10.1. The van der Waals surface area contributed by atoms with E-state index in [-0.39, 0.29) is 30.2 Å². The second kappa shape index (κ2) is 12.2. The predicted octanol–water partition coefficient (Wildman–Crippen LogP) is 6.61. The highest BCUT2D eigenvalue weighted by Gasteiger charge is 2.31. The first-order valence-electron chi connectivity index (χ1n) is 10.8. The molecule has 1 aliphatic rings. The van der Waals surface area contributed by atoms with E-state index < -0.39 is 6.04 Å². The summed E-state index contributed by atoms with van der Waals surface area (Å²) in [7, 11) is 0. The van der Waals surface area contributed by atoms with Gasteiger partial charge in [-0.1, -0.05) is 60.6 Å². The highest BCUT2D eigenvalue weighted by atomic mass is 35.5. The van der Waals surface area contributed by atoms with Crippen molar-refractivity contribution in [2.45, 2.75) is 62.6 Å². The standard InChI is InChI=1S/C24H27Cl3N2O2S/c1-2-22(24(31)28-17-6-3-4-7-17)29(14-19-20(26)8-5-9-21(19)27)23(30)15-32-18-12-10-16(25)11-13-18/h5,8-13,17,22H,2-4,6-7,14-15H2,1H3,(H,28,31)/t22-/m1/s1. The van der Waals surface area contributed by atoms with Crippen LogP contribution in [0.15, 0.2) is 47.4 Å². The number of nitrogens with one attached hydrogen (secondary N) is 1. The quantitative estimate of drug-likeness (QED) is 0.384. The van der Waals surface area contributed by atoms with Crippen molar-refractivity contribution >= 4 is 58.4 Å². The van der Waals surface area contributed by atoms with E-state index >= 15 is 0 Å². The summed E-state index contributed by atoms with van der Waals surface area (Å²) in [6.07, 6.45) is 4.71. The molecule has 2 aromatic rings. The largest absolute Gasteiger partial charge is 0.352 e. The van der Waals surface area contributed by atoms with Crippen molar-refractivity contribution < 1.29 is 9.59 Å². The first-order valence-corrected chi connectivity index (χ1v) is 12.9. The number of hydrogen-bond donors (Lipinski definition) is 1. The lowest BCUT2D eigenvalue weighted by Crippen LogP contribution is -2.51. The van der Waals surface area contributed by atoms with Gasteiger partial charge in [-0.2, -0.15) is 0 Å². The van der Waals surface area contributed by atoms with Gasteiger partial charge in [-0.05, 0) is 55.7 Å². The number of benzene rings is 2. The van der Waals surface area contributed by atoms with Gasteiger partial charge in [0.15, 0.2) is 0 Å². The number of amides is 2. The zero-order valence-electron chi connectivity index (χ0n) is 18.0. The van der Waals surface area contributed by atoms with Crippen LogP contribution in [0.25, 0.3) is 0 Å². The van der Waals surface area contributed by atoms with Gasteiger partial charge in [-0.25, -0.2) is 0 Å². The molecule has 1 atom stereocenters. The number of carbonyl (C=O) groups is 2. The van der Waals surface area contributed by atoms with Crippen LogP contribution in [0.5, 0.6) is 0 Å². The minimum atomic E-state index is -0.596. The van der Waals surface area contributed by atoms with Crippen LogP contribution >= 0.6 is 46.6 Å². The summed E-state index contributed by atoms with van der Waals surface area (Å²) in [5.74, 6) is -0.0709. The maximum absolute atomic E-state index is 13.4. The number of hydrogen-bond acceptors (Lipinski definition) is 3. The molecule has 0 bridgehead atoms. The molecule has 2 amide bonds. The van der Waals surface area contributed by atoms with Gasteiger partial charge in [0, 0.05) is 38.1 Å². The Kier molecular flexibility index (Phi) is 9.60. The summed E-state index contributed by atoms with van der Waals surface area (Å²) in [6.45, 7) is 2.09. The molecule has 0 aliphatic heterocycles. The Morgan fingerprint density at radius 3 is 2.28 bits per heavy atom. The van der Waals surface area contributed by atoms with E-state index in [2.05, 4.69) is 5.32 Å². The Morgan fingerprint density at radius 2 is 1.69 bits per heavy atom. The number of halogens is 3. The van der Waals surface area contributed by atoms with Crippen molar-refractivity contribution in [2.75, 3.05) is 5.75 Å². The van der Waals surface area contributed by atoms with Crippen LogP contribution in [0.1, 0.15) is 44.6 Å². The number of rotatable bonds is 9. The highest BCUT2D eigenvalue weighted by molar-refractivity contribution is 8.00. The monoisotopic (exact) mass is 512 g/mol. The molecule has 1 saturated carbocycles. The summed E-state index contributed by atoms with van der Waals surface area (Å²) in [6, 6.07) is 12.2. The molecular weight excluding hydrogens is 487 g/mol. The van der Waals surface area contributed by atoms with Gasteiger partial charge in [0.05, 0.1) is 5.75 Å². The van der Waals surface area contributed by atoms with E-state index in [0.717, 1.165) is 30.6 Å². The third-order valence-electron chi connectivity index (χ3n) is 5.65. The van der Waals surface area contributed by atoms with Gasteiger partial charge in [-0.15, -0.1) is 11.8 Å². The molecule has 1 aliphatic carbocycles. The van der Waals surface area contributed by atoms with Gasteiger partial charge < -0.3 is 10.2 Å². The maximum Gasteiger partial charge on any atom is 0.243 e. The fraction of sp³-hybridized carbons (Fsp3) is 0.417. The summed E-state index contributed by atoms with van der Waals surface area (Å²) >= 11 is 20.1. The molecule has 8 heteroatoms. The van der Waals surface area contributed by atoms with Crippen molar-refractivity contribution in [3.8, 4) is 0 Å². The van der Waals surface area contributed by atoms with Crippen LogP contribution in [0, 0.1) is 0 Å². The average molecular weight is 514 g/mol. The number of nitrogens with zero attached hydrogens (tertiary/aromatic N) is 1. The van der Waals surface area contributed by atoms with E-state index in [0.29, 0.717) is 27.1 Å². The molecule has 1 N–H and O–H groups in total. The summed E-state index contributed by atoms with van der Waals surface area (Å²) < 4.78 is 0. The molecule has 2 aromatic carbocycles. The van der Waals surface area contributed by atoms with Crippen LogP contribution in [0.3, 0.4) is 0 Å². The molecule has 172 valence electrons. The van der Waals surface area contributed by atoms with Gasteiger partial charge >= 0.3 is 0 Å². The van der Waals surface area contributed by atoms with Crippen molar-refractivity contribution in [2.24, 2.45) is 0 Å². The van der Waals surface area contributed by atoms with Crippen LogP contribution in [-0.4, -0.2) is 34.6 Å². The molecule has 0 spiro atoms. The summed E-state index contributed by atoms with van der Waals surface area (Å²) in [4.78, 5) is 29.1. The molecule has 0 saturated heterocycles. The Hall–Kier alpha value is -1.40. The summed E-state index contributed by atoms with van der Waals surface area (Å²) in [5, 5.41) is 4.74. The number of carbonyl (C=O) groups excluding carboxylic acids is 2. The molecule has 32 heavy (non-hydrogen) atoms. The third-order valence-corrected chi connectivity index (χ3v) is 7.61. The van der Waals surface area contributed by atoms with E-state index in [1.165, 1.54) is 11.8 Å². The van der Waals surface area contributed by atoms with E-state index in [1.54, 1.807) is 35.2 Å². The minimum absolute atomic E-state index is 0.118. The lowest BCUT2D eigenvalue weighted by Gasteiger charge is -2.32. The van der Waals surface area contributed by atoms with Gasteiger partial charge in [0.1, 0.15) is 6.04 Å². The highest BCUT2D eigenvalue weighted by Crippen LogP contribution is 2.28. The molecule has 4 nitrogen and oxygen atoms in total. The van der Waals surface area contributed by atoms with Gasteiger partial charge in [0.2, 0.25) is 11.8 Å². The van der Waals surface area contributed by atoms with Crippen molar-refractivity contribution in [3.63, 3.8) is 0 Å². The first-order chi connectivity index (χ1) is 15.4. The Balaban J connectivity index is 1.80. The minimum Gasteiger partial charge on any atom is -0.352 e. The zero-order valence-corrected chi connectivity index (χ0v) is 21.0. The van der Waals surface area contributed by atoms with Crippen molar-refractivity contribution in [1.82, 2.24) is 10.2 Å². The van der Waals surface area contributed by atoms with E-state index in [1.807, 2.05) is 19.1 Å². The van der Waals surface area contributed by atoms with Gasteiger partial charge in [0.25, 0.3) is 0 Å². The second-order valence-electron chi connectivity index (χ2n) is 7.88. The van der Waals surface area contributed by atoms with Crippen LogP contribution in [0.4, 0.5) is 0 Å². The Labute approximate surface area is 209 Å². The molecular formula is C24H27Cl3N2O2S. The van der Waals surface area contributed by atoms with Crippen LogP contribution < -0.4 is 5.32 Å². The fourth-order valence-corrected chi connectivity index (χ4v) is 5.33. The SMILES string of the molecule is CC[C@H](C(=O)NC1CCCC1)N(Cc1c(Cl)cccc1Cl)C(=O)CSc1ccc(Cl)cc1. The Bertz CT molecular complexity index is 913. The van der Waals surface area contributed by atoms with E-state index in [4.69, 9.17) is 34.8 Å². The maximum atomic E-state index is 13.4. The second-order valence-corrected chi connectivity index (χ2v) is 10.2. The number of thioether (sulfide) groups is 1. The van der Waals surface area contributed by atoms with Crippen LogP contribution in [0.2, 0.25) is 15.1 Å². The molecule has 1 fully saturated rings. The lowest BCUT2D eigenvalue weighted by molar-refractivity contribution is -0.139. The topological polar surface area (TPSA) is 49.4 Å². The molecule has 0 aromatic heterocycles. The molecule has 0 heterocycles. The van der Waals surface area contributed by atoms with Crippen molar-refractivity contribution in [1.29, 1.82) is 0 Å².